The van der Waals surface area contributed by atoms with Crippen molar-refractivity contribution in [3.63, 3.8) is 0 Å². The lowest BCUT2D eigenvalue weighted by Gasteiger charge is -2.25. The molecule has 0 N–H and O–H groups in total. The molecule has 0 aromatic carbocycles. The van der Waals surface area contributed by atoms with Crippen LogP contribution in [-0.4, -0.2) is 12.4 Å². The highest BCUT2D eigenvalue weighted by molar-refractivity contribution is 5.26. The van der Waals surface area contributed by atoms with Crippen LogP contribution in [0.1, 0.15) is 6.42 Å². The van der Waals surface area contributed by atoms with Crippen molar-refractivity contribution >= 4 is 0 Å². The summed E-state index contributed by atoms with van der Waals surface area (Å²) in [5, 5.41) is 0. The van der Waals surface area contributed by atoms with Crippen LogP contribution in [0.2, 0.25) is 0 Å². The largest absolute Gasteiger partial charge is 0.413 e. The van der Waals surface area contributed by atoms with Gasteiger partial charge >= 0.3 is 12.4 Å². The Morgan fingerprint density at radius 3 is 2.00 bits per heavy atom. The van der Waals surface area contributed by atoms with E-state index in [1.807, 2.05) is 0 Å². The lowest BCUT2D eigenvalue weighted by molar-refractivity contribution is -0.185. The van der Waals surface area contributed by atoms with Gasteiger partial charge in [0.15, 0.2) is 0 Å². The zero-order valence-electron chi connectivity index (χ0n) is 6.78. The molecule has 1 unspecified atom stereocenters. The molecule has 1 aliphatic carbocycles. The number of rotatable bonds is 0. The molecule has 0 aromatic heterocycles. The van der Waals surface area contributed by atoms with Crippen molar-refractivity contribution in [2.24, 2.45) is 5.92 Å². The van der Waals surface area contributed by atoms with Crippen LogP contribution < -0.4 is 0 Å². The third kappa shape index (κ3) is 2.30. The van der Waals surface area contributed by atoms with E-state index in [-0.39, 0.29) is 0 Å². The molecule has 80 valence electrons. The molecular formula is C8H6F6. The Balaban J connectivity index is 3.00. The maximum Gasteiger partial charge on any atom is 0.413 e. The van der Waals surface area contributed by atoms with Crippen LogP contribution in [-0.2, 0) is 0 Å². The Labute approximate surface area is 75.9 Å². The fourth-order valence-electron chi connectivity index (χ4n) is 1.23. The van der Waals surface area contributed by atoms with E-state index >= 15 is 0 Å². The monoisotopic (exact) mass is 216 g/mol. The highest BCUT2D eigenvalue weighted by Crippen LogP contribution is 2.43. The van der Waals surface area contributed by atoms with E-state index in [1.54, 1.807) is 0 Å². The topological polar surface area (TPSA) is 0 Å². The highest BCUT2D eigenvalue weighted by Gasteiger charge is 2.50. The predicted octanol–water partition coefficient (Wildman–Crippen LogP) is 3.61. The lowest BCUT2D eigenvalue weighted by Crippen LogP contribution is -2.32. The molecular weight excluding hydrogens is 210 g/mol. The second-order valence-electron chi connectivity index (χ2n) is 2.88. The van der Waals surface area contributed by atoms with E-state index in [0.29, 0.717) is 6.08 Å². The number of hydrogen-bond donors (Lipinski definition) is 0. The Bertz CT molecular complexity index is 267. The first-order valence-corrected chi connectivity index (χ1v) is 3.73. The first kappa shape index (κ1) is 11.1. The van der Waals surface area contributed by atoms with Gasteiger partial charge < -0.3 is 0 Å². The van der Waals surface area contributed by atoms with Gasteiger partial charge in [-0.25, -0.2) is 0 Å². The summed E-state index contributed by atoms with van der Waals surface area (Å²) in [6.07, 6.45) is -7.86. The van der Waals surface area contributed by atoms with Crippen LogP contribution in [0.25, 0.3) is 0 Å². The third-order valence-corrected chi connectivity index (χ3v) is 1.88. The fourth-order valence-corrected chi connectivity index (χ4v) is 1.23. The van der Waals surface area contributed by atoms with Crippen LogP contribution in [0.5, 0.6) is 0 Å². The molecule has 0 aromatic rings. The van der Waals surface area contributed by atoms with Gasteiger partial charge in [0.25, 0.3) is 0 Å². The summed E-state index contributed by atoms with van der Waals surface area (Å²) in [6, 6.07) is 0. The maximum absolute atomic E-state index is 12.1. The quantitative estimate of drug-likeness (QED) is 0.542. The van der Waals surface area contributed by atoms with E-state index in [0.717, 1.165) is 12.2 Å². The molecule has 0 heterocycles. The minimum Gasteiger partial charge on any atom is -0.170 e. The van der Waals surface area contributed by atoms with Crippen molar-refractivity contribution in [2.75, 3.05) is 0 Å². The van der Waals surface area contributed by atoms with Crippen molar-refractivity contribution in [2.45, 2.75) is 18.8 Å². The fraction of sp³-hybridized carbons (Fsp3) is 0.500. The third-order valence-electron chi connectivity index (χ3n) is 1.88. The van der Waals surface area contributed by atoms with Gasteiger partial charge in [-0.1, -0.05) is 18.2 Å². The van der Waals surface area contributed by atoms with Crippen molar-refractivity contribution in [1.82, 2.24) is 0 Å². The van der Waals surface area contributed by atoms with Crippen molar-refractivity contribution in [1.29, 1.82) is 0 Å². The number of allylic oxidation sites excluding steroid dienone is 4. The van der Waals surface area contributed by atoms with Gasteiger partial charge in [-0.15, -0.1) is 0 Å². The zero-order chi connectivity index (χ0) is 11.0. The number of hydrogen-bond acceptors (Lipinski definition) is 0. The van der Waals surface area contributed by atoms with Gasteiger partial charge in [0, 0.05) is 5.57 Å². The summed E-state index contributed by atoms with van der Waals surface area (Å²) in [7, 11) is 0. The normalized spacial score (nSPS) is 23.6. The van der Waals surface area contributed by atoms with Gasteiger partial charge in [-0.05, 0) is 6.42 Å². The van der Waals surface area contributed by atoms with E-state index in [9.17, 15) is 26.3 Å². The van der Waals surface area contributed by atoms with E-state index in [4.69, 9.17) is 0 Å². The molecule has 0 saturated carbocycles. The molecule has 1 rings (SSSR count). The summed E-state index contributed by atoms with van der Waals surface area (Å²) in [4.78, 5) is 0. The predicted molar refractivity (Wildman–Crippen MR) is 37.4 cm³/mol. The molecule has 0 spiro atoms. The van der Waals surface area contributed by atoms with Crippen LogP contribution in [0.4, 0.5) is 26.3 Å². The van der Waals surface area contributed by atoms with E-state index < -0.39 is 30.3 Å². The van der Waals surface area contributed by atoms with E-state index in [1.165, 1.54) is 0 Å². The molecule has 0 amide bonds. The molecule has 6 heteroatoms. The zero-order valence-corrected chi connectivity index (χ0v) is 6.78. The average Bonchev–Trinajstić information content (AvgIpc) is 2.01. The van der Waals surface area contributed by atoms with Crippen molar-refractivity contribution in [3.05, 3.63) is 23.8 Å². The molecule has 14 heavy (non-hydrogen) atoms. The van der Waals surface area contributed by atoms with Crippen LogP contribution >= 0.6 is 0 Å². The molecule has 0 bridgehead atoms. The highest BCUT2D eigenvalue weighted by atomic mass is 19.4. The number of alkyl halides is 6. The summed E-state index contributed by atoms with van der Waals surface area (Å²) >= 11 is 0. The van der Waals surface area contributed by atoms with Crippen LogP contribution in [0.15, 0.2) is 23.8 Å². The lowest BCUT2D eigenvalue weighted by atomic mass is 9.90. The van der Waals surface area contributed by atoms with Crippen molar-refractivity contribution in [3.8, 4) is 0 Å². The summed E-state index contributed by atoms with van der Waals surface area (Å²) < 4.78 is 72.8. The standard InChI is InChI=1S/C8H6F6/c9-7(10,11)5-3-1-2-4-6(5)8(12,13)14/h1-3,6H,4H2. The molecule has 0 nitrogen and oxygen atoms in total. The van der Waals surface area contributed by atoms with Gasteiger partial charge in [-0.2, -0.15) is 26.3 Å². The summed E-state index contributed by atoms with van der Waals surface area (Å²) in [5.41, 5.74) is -1.52. The molecule has 0 aliphatic heterocycles. The van der Waals surface area contributed by atoms with Gasteiger partial charge in [0.1, 0.15) is 0 Å². The van der Waals surface area contributed by atoms with Gasteiger partial charge in [0.2, 0.25) is 0 Å². The summed E-state index contributed by atoms with van der Waals surface area (Å²) in [5.74, 6) is -2.42. The maximum atomic E-state index is 12.1. The van der Waals surface area contributed by atoms with Crippen LogP contribution in [0, 0.1) is 5.92 Å². The Hall–Kier alpha value is -0.940. The first-order valence-electron chi connectivity index (χ1n) is 3.73. The SMILES string of the molecule is FC(F)(F)C1=CC=CCC1C(F)(F)F. The number of halogens is 6. The Morgan fingerprint density at radius 1 is 1.07 bits per heavy atom. The Morgan fingerprint density at radius 2 is 1.64 bits per heavy atom. The molecule has 0 radical (unpaired) electrons. The van der Waals surface area contributed by atoms with Crippen molar-refractivity contribution < 1.29 is 26.3 Å². The first-order chi connectivity index (χ1) is 6.23. The van der Waals surface area contributed by atoms with E-state index in [2.05, 4.69) is 0 Å². The molecule has 1 aliphatic rings. The second-order valence-corrected chi connectivity index (χ2v) is 2.88. The summed E-state index contributed by atoms with van der Waals surface area (Å²) in [6.45, 7) is 0. The second kappa shape index (κ2) is 3.33. The van der Waals surface area contributed by atoms with Gasteiger partial charge in [-0.3, -0.25) is 0 Å². The Kier molecular flexibility index (Phi) is 2.65. The van der Waals surface area contributed by atoms with Crippen LogP contribution in [0.3, 0.4) is 0 Å². The minimum atomic E-state index is -4.91. The smallest absolute Gasteiger partial charge is 0.170 e. The minimum absolute atomic E-state index is 0.474. The average molecular weight is 216 g/mol. The molecule has 0 saturated heterocycles. The van der Waals surface area contributed by atoms with Gasteiger partial charge in [0.05, 0.1) is 5.92 Å². The molecule has 1 atom stereocenters. The molecule has 0 fully saturated rings.